The van der Waals surface area contributed by atoms with E-state index in [1.807, 2.05) is 13.0 Å². The molecular weight excluding hydrogens is 272 g/mol. The number of anilines is 1. The molecular formula is C15H14N2O4. The molecule has 0 atom stereocenters. The fourth-order valence-corrected chi connectivity index (χ4v) is 1.82. The second-order valence-corrected chi connectivity index (χ2v) is 4.53. The summed E-state index contributed by atoms with van der Waals surface area (Å²) >= 11 is 0. The molecule has 1 heterocycles. The van der Waals surface area contributed by atoms with Gasteiger partial charge in [-0.3, -0.25) is 9.78 Å². The lowest BCUT2D eigenvalue weighted by Gasteiger charge is -2.08. The topological polar surface area (TPSA) is 99.5 Å². The number of hydrogen-bond donors (Lipinski definition) is 3. The summed E-state index contributed by atoms with van der Waals surface area (Å²) in [4.78, 5) is 26.8. The first-order valence-corrected chi connectivity index (χ1v) is 6.24. The van der Waals surface area contributed by atoms with E-state index in [2.05, 4.69) is 10.3 Å². The maximum absolute atomic E-state index is 11.9. The number of aromatic carboxylic acids is 1. The molecule has 1 aromatic carbocycles. The molecule has 1 aromatic heterocycles. The van der Waals surface area contributed by atoms with Crippen molar-refractivity contribution in [1.29, 1.82) is 0 Å². The molecule has 0 aliphatic heterocycles. The molecule has 1 amide bonds. The highest BCUT2D eigenvalue weighted by Crippen LogP contribution is 2.24. The molecule has 0 saturated heterocycles. The lowest BCUT2D eigenvalue weighted by molar-refractivity contribution is -0.115. The Bertz CT molecular complexity index is 698. The number of hydrogen-bond acceptors (Lipinski definition) is 4. The van der Waals surface area contributed by atoms with Crippen molar-refractivity contribution in [2.75, 3.05) is 5.32 Å². The number of pyridine rings is 1. The molecule has 6 heteroatoms. The number of aromatic hydroxyl groups is 1. The number of carbonyl (C=O) groups is 2. The number of carboxylic acid groups (broad SMARTS) is 1. The summed E-state index contributed by atoms with van der Waals surface area (Å²) in [6.07, 6.45) is 1.68. The standard InChI is InChI=1S/C15H14N2O4/c1-9-3-2-6-16-12(9)8-14(19)17-11-5-4-10(15(20)21)7-13(11)18/h2-7,18H,8H2,1H3,(H,17,19)(H,20,21). The number of nitrogens with zero attached hydrogens (tertiary/aromatic N) is 1. The summed E-state index contributed by atoms with van der Waals surface area (Å²) < 4.78 is 0. The molecule has 0 radical (unpaired) electrons. The van der Waals surface area contributed by atoms with Crippen LogP contribution in [0.1, 0.15) is 21.6 Å². The van der Waals surface area contributed by atoms with Crippen LogP contribution in [-0.2, 0) is 11.2 Å². The van der Waals surface area contributed by atoms with E-state index in [1.54, 1.807) is 12.3 Å². The van der Waals surface area contributed by atoms with Crippen LogP contribution >= 0.6 is 0 Å². The van der Waals surface area contributed by atoms with Crippen molar-refractivity contribution in [3.05, 3.63) is 53.3 Å². The van der Waals surface area contributed by atoms with E-state index in [4.69, 9.17) is 5.11 Å². The van der Waals surface area contributed by atoms with Crippen molar-refractivity contribution in [3.63, 3.8) is 0 Å². The number of carbonyl (C=O) groups excluding carboxylic acids is 1. The largest absolute Gasteiger partial charge is 0.506 e. The number of benzene rings is 1. The summed E-state index contributed by atoms with van der Waals surface area (Å²) in [5, 5.41) is 21.0. The Morgan fingerprint density at radius 3 is 2.67 bits per heavy atom. The fraction of sp³-hybridized carbons (Fsp3) is 0.133. The third kappa shape index (κ3) is 3.56. The zero-order valence-electron chi connectivity index (χ0n) is 11.3. The number of phenols is 1. The molecule has 0 spiro atoms. The van der Waals surface area contributed by atoms with Crippen LogP contribution in [0.15, 0.2) is 36.5 Å². The number of nitrogens with one attached hydrogen (secondary N) is 1. The van der Waals surface area contributed by atoms with Gasteiger partial charge < -0.3 is 15.5 Å². The third-order valence-electron chi connectivity index (χ3n) is 2.96. The molecule has 3 N–H and O–H groups in total. The normalized spacial score (nSPS) is 10.1. The highest BCUT2D eigenvalue weighted by molar-refractivity contribution is 5.95. The van der Waals surface area contributed by atoms with Gasteiger partial charge in [0.25, 0.3) is 0 Å². The molecule has 2 rings (SSSR count). The quantitative estimate of drug-likeness (QED) is 0.746. The van der Waals surface area contributed by atoms with E-state index < -0.39 is 5.97 Å². The minimum Gasteiger partial charge on any atom is -0.506 e. The average molecular weight is 286 g/mol. The minimum atomic E-state index is -1.15. The van der Waals surface area contributed by atoms with E-state index in [-0.39, 0.29) is 29.3 Å². The first kappa shape index (κ1) is 14.5. The molecule has 0 saturated carbocycles. The molecule has 2 aromatic rings. The van der Waals surface area contributed by atoms with Gasteiger partial charge in [-0.15, -0.1) is 0 Å². The van der Waals surface area contributed by atoms with Crippen LogP contribution in [0.2, 0.25) is 0 Å². The predicted octanol–water partition coefficient (Wildman–Crippen LogP) is 1.98. The van der Waals surface area contributed by atoms with Crippen LogP contribution in [0.4, 0.5) is 5.69 Å². The van der Waals surface area contributed by atoms with Gasteiger partial charge in [-0.2, -0.15) is 0 Å². The Labute approximate surface area is 121 Å². The number of aryl methyl sites for hydroxylation is 1. The molecule has 108 valence electrons. The number of aromatic nitrogens is 1. The maximum atomic E-state index is 11.9. The smallest absolute Gasteiger partial charge is 0.335 e. The first-order chi connectivity index (χ1) is 9.97. The van der Waals surface area contributed by atoms with E-state index in [1.165, 1.54) is 12.1 Å². The molecule has 0 aliphatic carbocycles. The lowest BCUT2D eigenvalue weighted by Crippen LogP contribution is -2.16. The summed E-state index contributed by atoms with van der Waals surface area (Å²) in [5.41, 5.74) is 1.67. The summed E-state index contributed by atoms with van der Waals surface area (Å²) in [7, 11) is 0. The van der Waals surface area contributed by atoms with Gasteiger partial charge in [0.05, 0.1) is 23.4 Å². The molecule has 21 heavy (non-hydrogen) atoms. The fourth-order valence-electron chi connectivity index (χ4n) is 1.82. The van der Waals surface area contributed by atoms with Crippen molar-refractivity contribution < 1.29 is 19.8 Å². The van der Waals surface area contributed by atoms with Gasteiger partial charge in [0.1, 0.15) is 5.75 Å². The van der Waals surface area contributed by atoms with Gasteiger partial charge in [-0.25, -0.2) is 4.79 Å². The summed E-state index contributed by atoms with van der Waals surface area (Å²) in [6.45, 7) is 1.86. The Hall–Kier alpha value is -2.89. The van der Waals surface area contributed by atoms with Crippen molar-refractivity contribution in [2.24, 2.45) is 0 Å². The Morgan fingerprint density at radius 1 is 1.29 bits per heavy atom. The molecule has 0 aliphatic rings. The van der Waals surface area contributed by atoms with Gasteiger partial charge in [0, 0.05) is 6.20 Å². The van der Waals surface area contributed by atoms with Gasteiger partial charge in [-0.1, -0.05) is 6.07 Å². The Morgan fingerprint density at radius 2 is 2.05 bits per heavy atom. The minimum absolute atomic E-state index is 0.0499. The number of rotatable bonds is 4. The number of amides is 1. The van der Waals surface area contributed by atoms with Crippen molar-refractivity contribution in [1.82, 2.24) is 4.98 Å². The predicted molar refractivity (Wildman–Crippen MR) is 76.4 cm³/mol. The van der Waals surface area contributed by atoms with Crippen LogP contribution in [0.5, 0.6) is 5.75 Å². The Balaban J connectivity index is 2.10. The second-order valence-electron chi connectivity index (χ2n) is 4.53. The van der Waals surface area contributed by atoms with E-state index in [0.717, 1.165) is 11.6 Å². The second kappa shape index (κ2) is 6.04. The monoisotopic (exact) mass is 286 g/mol. The van der Waals surface area contributed by atoms with Gasteiger partial charge in [0.15, 0.2) is 0 Å². The molecule has 6 nitrogen and oxygen atoms in total. The van der Waals surface area contributed by atoms with E-state index >= 15 is 0 Å². The number of carboxylic acids is 1. The first-order valence-electron chi connectivity index (χ1n) is 6.24. The SMILES string of the molecule is Cc1cccnc1CC(=O)Nc1ccc(C(=O)O)cc1O. The zero-order valence-corrected chi connectivity index (χ0v) is 11.3. The summed E-state index contributed by atoms with van der Waals surface area (Å²) in [6, 6.07) is 7.39. The van der Waals surface area contributed by atoms with Crippen LogP contribution < -0.4 is 5.32 Å². The molecule has 0 bridgehead atoms. The van der Waals surface area contributed by atoms with Gasteiger partial charge in [-0.05, 0) is 36.8 Å². The van der Waals surface area contributed by atoms with Gasteiger partial charge in [0.2, 0.25) is 5.91 Å². The van der Waals surface area contributed by atoms with Crippen LogP contribution in [0.3, 0.4) is 0 Å². The van der Waals surface area contributed by atoms with Crippen molar-refractivity contribution >= 4 is 17.6 Å². The van der Waals surface area contributed by atoms with Crippen molar-refractivity contribution in [3.8, 4) is 5.75 Å². The highest BCUT2D eigenvalue weighted by atomic mass is 16.4. The summed E-state index contributed by atoms with van der Waals surface area (Å²) in [5.74, 6) is -1.77. The third-order valence-corrected chi connectivity index (χ3v) is 2.96. The maximum Gasteiger partial charge on any atom is 0.335 e. The van der Waals surface area contributed by atoms with Gasteiger partial charge >= 0.3 is 5.97 Å². The molecule has 0 unspecified atom stereocenters. The van der Waals surface area contributed by atoms with Crippen LogP contribution in [0, 0.1) is 6.92 Å². The zero-order chi connectivity index (χ0) is 15.4. The average Bonchev–Trinajstić information content (AvgIpc) is 2.43. The Kier molecular flexibility index (Phi) is 4.18. The van der Waals surface area contributed by atoms with E-state index in [9.17, 15) is 14.7 Å². The highest BCUT2D eigenvalue weighted by Gasteiger charge is 2.12. The number of phenolic OH excluding ortho intramolecular Hbond substituents is 1. The van der Waals surface area contributed by atoms with E-state index in [0.29, 0.717) is 5.69 Å². The lowest BCUT2D eigenvalue weighted by atomic mass is 10.1. The molecule has 0 fully saturated rings. The van der Waals surface area contributed by atoms with Crippen LogP contribution in [0.25, 0.3) is 0 Å². The van der Waals surface area contributed by atoms with Crippen molar-refractivity contribution in [2.45, 2.75) is 13.3 Å². The van der Waals surface area contributed by atoms with Crippen LogP contribution in [-0.4, -0.2) is 27.1 Å².